The lowest BCUT2D eigenvalue weighted by molar-refractivity contribution is 0.226. The van der Waals surface area contributed by atoms with Crippen LogP contribution in [0, 0.1) is 0 Å². The summed E-state index contributed by atoms with van der Waals surface area (Å²) in [6, 6.07) is 4.97. The SMILES string of the molecule is CCN(CC)S(=O)(=O)c1ccc2c(c1)NCC(C)O2. The van der Waals surface area contributed by atoms with E-state index in [2.05, 4.69) is 5.32 Å². The van der Waals surface area contributed by atoms with Gasteiger partial charge in [0.05, 0.1) is 17.1 Å². The Balaban J connectivity index is 2.37. The number of sulfonamides is 1. The molecular weight excluding hydrogens is 264 g/mol. The third-order valence-electron chi connectivity index (χ3n) is 3.20. The van der Waals surface area contributed by atoms with Crippen molar-refractivity contribution in [2.45, 2.75) is 31.8 Å². The Labute approximate surface area is 114 Å². The van der Waals surface area contributed by atoms with E-state index in [-0.39, 0.29) is 6.10 Å². The fourth-order valence-electron chi connectivity index (χ4n) is 2.14. The Kier molecular flexibility index (Phi) is 4.01. The first-order chi connectivity index (χ1) is 8.98. The van der Waals surface area contributed by atoms with Crippen LogP contribution in [0.1, 0.15) is 20.8 Å². The zero-order valence-corrected chi connectivity index (χ0v) is 12.3. The predicted octanol–water partition coefficient (Wildman–Crippen LogP) is 1.91. The summed E-state index contributed by atoms with van der Waals surface area (Å²) in [5.74, 6) is 0.706. The molecule has 0 radical (unpaired) electrons. The highest BCUT2D eigenvalue weighted by molar-refractivity contribution is 7.89. The monoisotopic (exact) mass is 284 g/mol. The molecule has 0 saturated carbocycles. The predicted molar refractivity (Wildman–Crippen MR) is 75.1 cm³/mol. The van der Waals surface area contributed by atoms with Crippen molar-refractivity contribution in [2.75, 3.05) is 25.0 Å². The summed E-state index contributed by atoms with van der Waals surface area (Å²) >= 11 is 0. The molecule has 1 N–H and O–H groups in total. The van der Waals surface area contributed by atoms with E-state index in [0.717, 1.165) is 5.69 Å². The highest BCUT2D eigenvalue weighted by Gasteiger charge is 2.24. The van der Waals surface area contributed by atoms with Crippen LogP contribution in [0.3, 0.4) is 0 Å². The number of anilines is 1. The molecule has 1 atom stereocenters. The maximum Gasteiger partial charge on any atom is 0.243 e. The molecule has 1 aromatic carbocycles. The van der Waals surface area contributed by atoms with Crippen molar-refractivity contribution in [2.24, 2.45) is 0 Å². The smallest absolute Gasteiger partial charge is 0.243 e. The van der Waals surface area contributed by atoms with E-state index >= 15 is 0 Å². The van der Waals surface area contributed by atoms with Crippen LogP contribution in [0.4, 0.5) is 5.69 Å². The summed E-state index contributed by atoms with van der Waals surface area (Å²) < 4.78 is 31.9. The number of hydrogen-bond acceptors (Lipinski definition) is 4. The number of ether oxygens (including phenoxy) is 1. The molecule has 0 saturated heterocycles. The summed E-state index contributed by atoms with van der Waals surface area (Å²) in [6.45, 7) is 7.26. The summed E-state index contributed by atoms with van der Waals surface area (Å²) in [5.41, 5.74) is 0.742. The van der Waals surface area contributed by atoms with Gasteiger partial charge in [0.15, 0.2) is 0 Å². The van der Waals surface area contributed by atoms with Crippen molar-refractivity contribution in [1.29, 1.82) is 0 Å². The van der Waals surface area contributed by atoms with E-state index in [4.69, 9.17) is 4.74 Å². The Morgan fingerprint density at radius 1 is 1.37 bits per heavy atom. The van der Waals surface area contributed by atoms with Gasteiger partial charge in [-0.3, -0.25) is 0 Å². The van der Waals surface area contributed by atoms with Gasteiger partial charge in [-0.25, -0.2) is 8.42 Å². The zero-order chi connectivity index (χ0) is 14.0. The molecule has 6 heteroatoms. The number of benzene rings is 1. The normalized spacial score (nSPS) is 18.6. The molecule has 2 rings (SSSR count). The lowest BCUT2D eigenvalue weighted by Crippen LogP contribution is -2.31. The molecule has 0 spiro atoms. The molecule has 1 unspecified atom stereocenters. The van der Waals surface area contributed by atoms with E-state index in [1.54, 1.807) is 18.2 Å². The Hall–Kier alpha value is -1.27. The summed E-state index contributed by atoms with van der Waals surface area (Å²) in [6.07, 6.45) is 0.0951. The second-order valence-electron chi connectivity index (χ2n) is 4.56. The van der Waals surface area contributed by atoms with Crippen molar-refractivity contribution >= 4 is 15.7 Å². The van der Waals surface area contributed by atoms with Crippen LogP contribution >= 0.6 is 0 Å². The number of rotatable bonds is 4. The molecule has 1 aromatic rings. The molecule has 0 bridgehead atoms. The van der Waals surface area contributed by atoms with E-state index < -0.39 is 10.0 Å². The zero-order valence-electron chi connectivity index (χ0n) is 11.5. The lowest BCUT2D eigenvalue weighted by atomic mass is 10.2. The molecule has 1 aliphatic heterocycles. The molecular formula is C13H20N2O3S. The molecule has 19 heavy (non-hydrogen) atoms. The molecule has 0 amide bonds. The first-order valence-corrected chi connectivity index (χ1v) is 7.97. The average molecular weight is 284 g/mol. The van der Waals surface area contributed by atoms with Crippen molar-refractivity contribution in [3.05, 3.63) is 18.2 Å². The van der Waals surface area contributed by atoms with E-state index in [1.807, 2.05) is 20.8 Å². The van der Waals surface area contributed by atoms with Crippen LogP contribution in [0.25, 0.3) is 0 Å². The van der Waals surface area contributed by atoms with E-state index in [1.165, 1.54) is 4.31 Å². The van der Waals surface area contributed by atoms with Crippen molar-refractivity contribution in [3.8, 4) is 5.75 Å². The standard InChI is InChI=1S/C13H20N2O3S/c1-4-15(5-2)19(16,17)11-6-7-13-12(8-11)14-9-10(3)18-13/h6-8,10,14H,4-5,9H2,1-3H3. The molecule has 5 nitrogen and oxygen atoms in total. The largest absolute Gasteiger partial charge is 0.487 e. The summed E-state index contributed by atoms with van der Waals surface area (Å²) in [7, 11) is -3.41. The first-order valence-electron chi connectivity index (χ1n) is 6.53. The van der Waals surface area contributed by atoms with Crippen molar-refractivity contribution in [1.82, 2.24) is 4.31 Å². The Morgan fingerprint density at radius 3 is 2.68 bits per heavy atom. The van der Waals surface area contributed by atoms with Crippen molar-refractivity contribution in [3.63, 3.8) is 0 Å². The fraction of sp³-hybridized carbons (Fsp3) is 0.538. The summed E-state index contributed by atoms with van der Waals surface area (Å²) in [5, 5.41) is 3.19. The minimum atomic E-state index is -3.41. The van der Waals surface area contributed by atoms with Crippen LogP contribution in [0.5, 0.6) is 5.75 Å². The van der Waals surface area contributed by atoms with Gasteiger partial charge in [0.2, 0.25) is 10.0 Å². The van der Waals surface area contributed by atoms with Gasteiger partial charge in [-0.15, -0.1) is 0 Å². The summed E-state index contributed by atoms with van der Waals surface area (Å²) in [4.78, 5) is 0.306. The van der Waals surface area contributed by atoms with Crippen LogP contribution < -0.4 is 10.1 Å². The van der Waals surface area contributed by atoms with Crippen LogP contribution in [0.15, 0.2) is 23.1 Å². The highest BCUT2D eigenvalue weighted by Crippen LogP contribution is 2.32. The molecule has 1 heterocycles. The third-order valence-corrected chi connectivity index (χ3v) is 5.25. The van der Waals surface area contributed by atoms with Gasteiger partial charge in [0.1, 0.15) is 11.9 Å². The van der Waals surface area contributed by atoms with E-state index in [0.29, 0.717) is 30.3 Å². The Morgan fingerprint density at radius 2 is 2.05 bits per heavy atom. The van der Waals surface area contributed by atoms with Gasteiger partial charge in [-0.05, 0) is 25.1 Å². The number of fused-ring (bicyclic) bond motifs is 1. The van der Waals surface area contributed by atoms with Crippen LogP contribution in [0.2, 0.25) is 0 Å². The fourth-order valence-corrected chi connectivity index (χ4v) is 3.62. The van der Waals surface area contributed by atoms with E-state index in [9.17, 15) is 8.42 Å². The quantitative estimate of drug-likeness (QED) is 0.917. The number of nitrogens with zero attached hydrogens (tertiary/aromatic N) is 1. The number of hydrogen-bond donors (Lipinski definition) is 1. The second-order valence-corrected chi connectivity index (χ2v) is 6.49. The van der Waals surface area contributed by atoms with Gasteiger partial charge < -0.3 is 10.1 Å². The number of nitrogens with one attached hydrogen (secondary N) is 1. The maximum atomic E-state index is 12.4. The van der Waals surface area contributed by atoms with Crippen LogP contribution in [-0.2, 0) is 10.0 Å². The van der Waals surface area contributed by atoms with Gasteiger partial charge in [-0.2, -0.15) is 4.31 Å². The van der Waals surface area contributed by atoms with Gasteiger partial charge in [0, 0.05) is 13.1 Å². The molecule has 1 aliphatic rings. The van der Waals surface area contributed by atoms with Gasteiger partial charge >= 0.3 is 0 Å². The maximum absolute atomic E-state index is 12.4. The van der Waals surface area contributed by atoms with Gasteiger partial charge in [0.25, 0.3) is 0 Å². The molecule has 106 valence electrons. The van der Waals surface area contributed by atoms with Gasteiger partial charge in [-0.1, -0.05) is 13.8 Å². The van der Waals surface area contributed by atoms with Crippen molar-refractivity contribution < 1.29 is 13.2 Å². The first kappa shape index (κ1) is 14.1. The molecule has 0 fully saturated rings. The second kappa shape index (κ2) is 5.38. The lowest BCUT2D eigenvalue weighted by Gasteiger charge is -2.26. The van der Waals surface area contributed by atoms with Crippen LogP contribution in [-0.4, -0.2) is 38.5 Å². The average Bonchev–Trinajstić information content (AvgIpc) is 2.39. The topological polar surface area (TPSA) is 58.6 Å². The minimum Gasteiger partial charge on any atom is -0.487 e. The Bertz CT molecular complexity index is 553. The highest BCUT2D eigenvalue weighted by atomic mass is 32.2. The molecule has 0 aliphatic carbocycles. The molecule has 0 aromatic heterocycles. The minimum absolute atomic E-state index is 0.0951. The third kappa shape index (κ3) is 2.69.